The maximum Gasteiger partial charge on any atom is 0.306 e. The monoisotopic (exact) mass is 992 g/mol. The minimum absolute atomic E-state index is 0.140. The van der Waals surface area contributed by atoms with E-state index in [1.807, 2.05) is 21.1 Å². The Labute approximate surface area is 435 Å². The zero-order valence-corrected chi connectivity index (χ0v) is 46.1. The third-order valence-corrected chi connectivity index (χ3v) is 11.8. The Morgan fingerprint density at radius 1 is 0.437 bits per heavy atom. The van der Waals surface area contributed by atoms with Gasteiger partial charge in [-0.3, -0.25) is 9.59 Å². The zero-order chi connectivity index (χ0) is 52.0. The summed E-state index contributed by atoms with van der Waals surface area (Å²) in [5.41, 5.74) is 0. The van der Waals surface area contributed by atoms with E-state index in [0.29, 0.717) is 17.4 Å². The predicted molar refractivity (Wildman–Crippen MR) is 297 cm³/mol. The van der Waals surface area contributed by atoms with Gasteiger partial charge < -0.3 is 33.3 Å². The highest BCUT2D eigenvalue weighted by Crippen LogP contribution is 2.14. The van der Waals surface area contributed by atoms with E-state index < -0.39 is 24.3 Å². The third-order valence-electron chi connectivity index (χ3n) is 11.8. The number of allylic oxidation sites excluding steroid dienone is 16. The SMILES string of the molecule is CC/C=C\C/C=C\C/C=C\C/C=C\C/C=C\C/C=C\C/C=C\CCCCCCCCCC(=O)OC(COC(=O)CCCCCCCCC/C=C\CCCCCCCC)COC(OCC[N+](C)(C)C)C(=O)[O-]. The van der Waals surface area contributed by atoms with Gasteiger partial charge in [0.05, 0.1) is 40.3 Å². The van der Waals surface area contributed by atoms with E-state index in [4.69, 9.17) is 18.9 Å². The normalized spacial score (nSPS) is 13.5. The summed E-state index contributed by atoms with van der Waals surface area (Å²) in [6.07, 6.45) is 67.3. The van der Waals surface area contributed by atoms with Crippen molar-refractivity contribution < 1.29 is 42.9 Å². The first kappa shape index (κ1) is 67.2. The molecule has 71 heavy (non-hydrogen) atoms. The maximum absolute atomic E-state index is 12.9. The maximum atomic E-state index is 12.9. The van der Waals surface area contributed by atoms with Crippen molar-refractivity contribution in [3.63, 3.8) is 0 Å². The van der Waals surface area contributed by atoms with Crippen LogP contribution in [0.15, 0.2) is 97.2 Å². The number of quaternary nitrogens is 1. The minimum atomic E-state index is -1.63. The summed E-state index contributed by atoms with van der Waals surface area (Å²) in [5.74, 6) is -2.31. The highest BCUT2D eigenvalue weighted by atomic mass is 16.7. The molecule has 0 rings (SSSR count). The van der Waals surface area contributed by atoms with Crippen molar-refractivity contribution in [2.45, 2.75) is 232 Å². The summed E-state index contributed by atoms with van der Waals surface area (Å²) in [6, 6.07) is 0. The number of hydrogen-bond donors (Lipinski definition) is 0. The Morgan fingerprint density at radius 3 is 1.21 bits per heavy atom. The Morgan fingerprint density at radius 2 is 0.803 bits per heavy atom. The minimum Gasteiger partial charge on any atom is -0.545 e. The molecule has 0 bridgehead atoms. The van der Waals surface area contributed by atoms with Crippen LogP contribution in [0.3, 0.4) is 0 Å². The molecule has 0 spiro atoms. The van der Waals surface area contributed by atoms with Gasteiger partial charge in [-0.2, -0.15) is 0 Å². The van der Waals surface area contributed by atoms with Gasteiger partial charge >= 0.3 is 11.9 Å². The van der Waals surface area contributed by atoms with Crippen molar-refractivity contribution in [1.82, 2.24) is 0 Å². The van der Waals surface area contributed by atoms with Crippen LogP contribution in [0.5, 0.6) is 0 Å². The molecule has 0 aliphatic carbocycles. The van der Waals surface area contributed by atoms with Crippen LogP contribution in [-0.4, -0.2) is 82.3 Å². The second-order valence-electron chi connectivity index (χ2n) is 19.8. The molecule has 0 aromatic heterocycles. The molecule has 0 saturated carbocycles. The highest BCUT2D eigenvalue weighted by molar-refractivity contribution is 5.70. The van der Waals surface area contributed by atoms with E-state index in [9.17, 15) is 19.5 Å². The summed E-state index contributed by atoms with van der Waals surface area (Å²) >= 11 is 0. The molecular formula is C62H105NO8. The van der Waals surface area contributed by atoms with E-state index in [2.05, 4.69) is 111 Å². The topological polar surface area (TPSA) is 111 Å². The molecule has 0 aromatic rings. The predicted octanol–water partition coefficient (Wildman–Crippen LogP) is 15.2. The number of hydrogen-bond acceptors (Lipinski definition) is 8. The van der Waals surface area contributed by atoms with Gasteiger partial charge in [0.25, 0.3) is 0 Å². The molecule has 0 amide bonds. The fourth-order valence-electron chi connectivity index (χ4n) is 7.45. The number of nitrogens with zero attached hydrogens (tertiary/aromatic N) is 1. The first-order chi connectivity index (χ1) is 34.6. The smallest absolute Gasteiger partial charge is 0.306 e. The van der Waals surface area contributed by atoms with Crippen molar-refractivity contribution in [2.24, 2.45) is 0 Å². The van der Waals surface area contributed by atoms with Crippen molar-refractivity contribution in [3.8, 4) is 0 Å². The van der Waals surface area contributed by atoms with Gasteiger partial charge in [0.2, 0.25) is 0 Å². The van der Waals surface area contributed by atoms with E-state index >= 15 is 0 Å². The number of carboxylic acids is 1. The largest absolute Gasteiger partial charge is 0.545 e. The Hall–Kier alpha value is -3.79. The van der Waals surface area contributed by atoms with Crippen LogP contribution >= 0.6 is 0 Å². The average molecular weight is 993 g/mol. The van der Waals surface area contributed by atoms with Gasteiger partial charge in [-0.05, 0) is 96.3 Å². The summed E-state index contributed by atoms with van der Waals surface area (Å²) < 4.78 is 22.7. The summed E-state index contributed by atoms with van der Waals surface area (Å²) in [4.78, 5) is 37.3. The molecule has 9 heteroatoms. The zero-order valence-electron chi connectivity index (χ0n) is 46.1. The molecular weight excluding hydrogens is 887 g/mol. The van der Waals surface area contributed by atoms with Crippen molar-refractivity contribution in [2.75, 3.05) is 47.5 Å². The number of carboxylic acid groups (broad SMARTS) is 1. The first-order valence-electron chi connectivity index (χ1n) is 28.4. The van der Waals surface area contributed by atoms with Gasteiger partial charge in [0, 0.05) is 12.8 Å². The lowest BCUT2D eigenvalue weighted by molar-refractivity contribution is -0.870. The summed E-state index contributed by atoms with van der Waals surface area (Å²) in [6.45, 7) is 4.60. The fourth-order valence-corrected chi connectivity index (χ4v) is 7.45. The van der Waals surface area contributed by atoms with Crippen LogP contribution < -0.4 is 5.11 Å². The van der Waals surface area contributed by atoms with E-state index in [1.54, 1.807) is 0 Å². The number of carbonyl (C=O) groups excluding carboxylic acids is 3. The molecule has 406 valence electrons. The second kappa shape index (κ2) is 52.5. The van der Waals surface area contributed by atoms with E-state index in [0.717, 1.165) is 103 Å². The van der Waals surface area contributed by atoms with Crippen molar-refractivity contribution in [3.05, 3.63) is 97.2 Å². The van der Waals surface area contributed by atoms with Crippen molar-refractivity contribution >= 4 is 17.9 Å². The third kappa shape index (κ3) is 53.8. The van der Waals surface area contributed by atoms with Gasteiger partial charge in [0.1, 0.15) is 13.2 Å². The van der Waals surface area contributed by atoms with Gasteiger partial charge in [-0.1, -0.05) is 207 Å². The molecule has 9 nitrogen and oxygen atoms in total. The molecule has 0 aromatic carbocycles. The first-order valence-corrected chi connectivity index (χ1v) is 28.4. The van der Waals surface area contributed by atoms with Crippen molar-refractivity contribution in [1.29, 1.82) is 0 Å². The summed E-state index contributed by atoms with van der Waals surface area (Å²) in [5, 5.41) is 11.8. The van der Waals surface area contributed by atoms with Gasteiger partial charge in [-0.25, -0.2) is 0 Å². The molecule has 0 aliphatic rings. The van der Waals surface area contributed by atoms with Crippen LogP contribution in [0, 0.1) is 0 Å². The quantitative estimate of drug-likeness (QED) is 0.0195. The number of aliphatic carboxylic acids is 1. The highest BCUT2D eigenvalue weighted by Gasteiger charge is 2.22. The molecule has 2 unspecified atom stereocenters. The number of esters is 2. The number of likely N-dealkylation sites (N-methyl/N-ethyl adjacent to an activating group) is 1. The average Bonchev–Trinajstić information content (AvgIpc) is 3.34. The number of unbranched alkanes of at least 4 members (excludes halogenated alkanes) is 20. The Bertz CT molecular complexity index is 1480. The molecule has 0 N–H and O–H groups in total. The second-order valence-corrected chi connectivity index (χ2v) is 19.8. The lowest BCUT2D eigenvalue weighted by Gasteiger charge is -2.26. The lowest BCUT2D eigenvalue weighted by atomic mass is 10.1. The molecule has 0 saturated heterocycles. The standard InChI is InChI=1S/C62H105NO8/c1-6-8-10-12-14-16-18-20-22-24-25-26-27-28-29-30-31-32-33-34-35-37-39-41-43-45-47-49-51-53-60(65)71-58(57-70-62(61(66)67)68-55-54-63(3,4)5)56-69-59(64)52-50-48-46-44-42-40-38-36-23-21-19-17-15-13-11-9-7-2/h8,10,14,16,20-23,25-26,28-29,31-32,34-35,58,62H,6-7,9,11-13,15,17-19,24,27,30,33,36-57H2,1-5H3/b10-8-,16-14-,22-20-,23-21-,26-25-,29-28-,32-31-,35-34-. The van der Waals surface area contributed by atoms with Crippen LogP contribution in [0.2, 0.25) is 0 Å². The molecule has 0 aliphatic heterocycles. The number of rotatable bonds is 51. The van der Waals surface area contributed by atoms with Gasteiger partial charge in [-0.15, -0.1) is 0 Å². The van der Waals surface area contributed by atoms with Crippen LogP contribution in [0.1, 0.15) is 219 Å². The number of ether oxygens (including phenoxy) is 4. The lowest BCUT2D eigenvalue weighted by Crippen LogP contribution is -2.44. The molecule has 0 radical (unpaired) electrons. The molecule has 0 fully saturated rings. The van der Waals surface area contributed by atoms with Crippen LogP contribution in [0.25, 0.3) is 0 Å². The van der Waals surface area contributed by atoms with Crippen LogP contribution in [0.4, 0.5) is 0 Å². The van der Waals surface area contributed by atoms with E-state index in [1.165, 1.54) is 83.5 Å². The van der Waals surface area contributed by atoms with E-state index in [-0.39, 0.29) is 38.6 Å². The molecule has 0 heterocycles. The molecule has 2 atom stereocenters. The van der Waals surface area contributed by atoms with Crippen LogP contribution in [-0.2, 0) is 33.3 Å². The summed E-state index contributed by atoms with van der Waals surface area (Å²) in [7, 11) is 5.91. The number of carbonyl (C=O) groups is 3. The fraction of sp³-hybridized carbons (Fsp3) is 0.694. The Kier molecular flexibility index (Phi) is 49.7. The van der Waals surface area contributed by atoms with Gasteiger partial charge in [0.15, 0.2) is 12.4 Å². The Balaban J connectivity index is 4.31.